The monoisotopic (exact) mass is 251 g/mol. The van der Waals surface area contributed by atoms with Crippen molar-refractivity contribution in [3.8, 4) is 0 Å². The Labute approximate surface area is 106 Å². The Morgan fingerprint density at radius 1 is 1.17 bits per heavy atom. The molecule has 5 heteroatoms. The van der Waals surface area contributed by atoms with Crippen LogP contribution in [0.25, 0.3) is 0 Å². The van der Waals surface area contributed by atoms with Gasteiger partial charge in [-0.15, -0.1) is 0 Å². The molecule has 5 nitrogen and oxygen atoms in total. The summed E-state index contributed by atoms with van der Waals surface area (Å²) in [6.07, 6.45) is 0. The highest BCUT2D eigenvalue weighted by atomic mass is 16.4. The van der Waals surface area contributed by atoms with Crippen molar-refractivity contribution in [2.75, 3.05) is 19.0 Å². The van der Waals surface area contributed by atoms with E-state index in [-0.39, 0.29) is 5.57 Å². The highest BCUT2D eigenvalue weighted by Gasteiger charge is 2.09. The first-order valence-corrected chi connectivity index (χ1v) is 5.15. The van der Waals surface area contributed by atoms with E-state index in [1.165, 1.54) is 6.92 Å². The first kappa shape index (κ1) is 15.7. The van der Waals surface area contributed by atoms with Crippen LogP contribution in [0.4, 0.5) is 5.69 Å². The number of rotatable bonds is 3. The van der Waals surface area contributed by atoms with Crippen molar-refractivity contribution in [1.29, 1.82) is 0 Å². The molecule has 0 aliphatic heterocycles. The summed E-state index contributed by atoms with van der Waals surface area (Å²) >= 11 is 0. The molecule has 0 bridgehead atoms. The Balaban J connectivity index is 0.000000411. The van der Waals surface area contributed by atoms with Crippen LogP contribution in [-0.4, -0.2) is 36.2 Å². The number of aromatic carboxylic acids is 1. The van der Waals surface area contributed by atoms with Crippen LogP contribution in [0.5, 0.6) is 0 Å². The van der Waals surface area contributed by atoms with E-state index in [0.717, 1.165) is 5.69 Å². The molecule has 0 aliphatic carbocycles. The molecule has 0 aliphatic rings. The molecule has 1 aromatic carbocycles. The van der Waals surface area contributed by atoms with Crippen molar-refractivity contribution in [3.63, 3.8) is 0 Å². The van der Waals surface area contributed by atoms with Gasteiger partial charge in [-0.2, -0.15) is 0 Å². The Bertz CT molecular complexity index is 440. The van der Waals surface area contributed by atoms with Crippen molar-refractivity contribution >= 4 is 17.6 Å². The van der Waals surface area contributed by atoms with Gasteiger partial charge in [0.2, 0.25) is 0 Å². The van der Waals surface area contributed by atoms with E-state index >= 15 is 0 Å². The molecule has 18 heavy (non-hydrogen) atoms. The van der Waals surface area contributed by atoms with Gasteiger partial charge < -0.3 is 15.1 Å². The number of benzene rings is 1. The van der Waals surface area contributed by atoms with E-state index in [1.807, 2.05) is 20.2 Å². The second-order valence-electron chi connectivity index (χ2n) is 3.80. The molecule has 0 amide bonds. The molecule has 0 heterocycles. The van der Waals surface area contributed by atoms with E-state index in [1.54, 1.807) is 23.1 Å². The summed E-state index contributed by atoms with van der Waals surface area (Å²) in [7, 11) is 3.64. The molecule has 0 saturated carbocycles. The fourth-order valence-electron chi connectivity index (χ4n) is 1.04. The van der Waals surface area contributed by atoms with Gasteiger partial charge in [-0.3, -0.25) is 0 Å². The minimum absolute atomic E-state index is 0.176. The summed E-state index contributed by atoms with van der Waals surface area (Å²) in [5.74, 6) is -1.82. The zero-order chi connectivity index (χ0) is 14.3. The van der Waals surface area contributed by atoms with E-state index < -0.39 is 11.9 Å². The van der Waals surface area contributed by atoms with Gasteiger partial charge in [-0.25, -0.2) is 9.59 Å². The van der Waals surface area contributed by atoms with Crippen LogP contribution < -0.4 is 4.90 Å². The lowest BCUT2D eigenvalue weighted by molar-refractivity contribution is -0.132. The minimum atomic E-state index is -0.935. The standard InChI is InChI=1S/C9H11NO2.C4H6O2/c1-10(2)8-6-4-3-5-7(8)9(11)12;1-3(2)4(5)6/h3-6H,1-2H3,(H,11,12);1H2,2H3,(H,5,6). The molecule has 0 aromatic heterocycles. The number of carboxylic acid groups (broad SMARTS) is 2. The average Bonchev–Trinajstić information content (AvgIpc) is 2.29. The highest BCUT2D eigenvalue weighted by Crippen LogP contribution is 2.17. The van der Waals surface area contributed by atoms with E-state index in [2.05, 4.69) is 6.58 Å². The lowest BCUT2D eigenvalue weighted by atomic mass is 10.2. The van der Waals surface area contributed by atoms with Gasteiger partial charge >= 0.3 is 11.9 Å². The third-order valence-electron chi connectivity index (χ3n) is 1.98. The molecule has 0 atom stereocenters. The molecule has 0 fully saturated rings. The van der Waals surface area contributed by atoms with Crippen LogP contribution in [0.2, 0.25) is 0 Å². The highest BCUT2D eigenvalue weighted by molar-refractivity contribution is 5.94. The first-order chi connectivity index (χ1) is 8.27. The van der Waals surface area contributed by atoms with Gasteiger partial charge in [0.1, 0.15) is 0 Å². The predicted octanol–water partition coefficient (Wildman–Crippen LogP) is 2.10. The largest absolute Gasteiger partial charge is 0.478 e. The van der Waals surface area contributed by atoms with Gasteiger partial charge in [0, 0.05) is 19.7 Å². The van der Waals surface area contributed by atoms with E-state index in [4.69, 9.17) is 10.2 Å². The Kier molecular flexibility index (Phi) is 6.20. The van der Waals surface area contributed by atoms with Gasteiger partial charge in [0.15, 0.2) is 0 Å². The average molecular weight is 251 g/mol. The topological polar surface area (TPSA) is 77.8 Å². The third-order valence-corrected chi connectivity index (χ3v) is 1.98. The lowest BCUT2D eigenvalue weighted by Gasteiger charge is -2.14. The van der Waals surface area contributed by atoms with E-state index in [9.17, 15) is 9.59 Å². The molecular weight excluding hydrogens is 234 g/mol. The number of para-hydroxylation sites is 1. The normalized spacial score (nSPS) is 8.83. The van der Waals surface area contributed by atoms with Gasteiger partial charge in [-0.05, 0) is 19.1 Å². The summed E-state index contributed by atoms with van der Waals surface area (Å²) in [6, 6.07) is 6.92. The Morgan fingerprint density at radius 3 is 1.89 bits per heavy atom. The fourth-order valence-corrected chi connectivity index (χ4v) is 1.04. The number of anilines is 1. The van der Waals surface area contributed by atoms with Crippen molar-refractivity contribution in [3.05, 3.63) is 42.0 Å². The van der Waals surface area contributed by atoms with Crippen molar-refractivity contribution in [1.82, 2.24) is 0 Å². The first-order valence-electron chi connectivity index (χ1n) is 5.15. The summed E-state index contributed by atoms with van der Waals surface area (Å²) in [4.78, 5) is 22.1. The molecule has 1 rings (SSSR count). The Morgan fingerprint density at radius 2 is 1.61 bits per heavy atom. The number of carbonyl (C=O) groups is 2. The maximum atomic E-state index is 10.7. The quantitative estimate of drug-likeness (QED) is 0.804. The molecule has 0 unspecified atom stereocenters. The molecule has 0 saturated heterocycles. The van der Waals surface area contributed by atoms with Crippen LogP contribution >= 0.6 is 0 Å². The summed E-state index contributed by atoms with van der Waals surface area (Å²) in [6.45, 7) is 4.60. The van der Waals surface area contributed by atoms with Gasteiger partial charge in [0.05, 0.1) is 11.3 Å². The van der Waals surface area contributed by atoms with Crippen LogP contribution in [0.1, 0.15) is 17.3 Å². The number of hydrogen-bond donors (Lipinski definition) is 2. The number of carboxylic acids is 2. The SMILES string of the molecule is C=C(C)C(=O)O.CN(C)c1ccccc1C(=O)O. The summed E-state index contributed by atoms with van der Waals surface area (Å²) in [5, 5.41) is 16.7. The van der Waals surface area contributed by atoms with Crippen molar-refractivity contribution in [2.45, 2.75) is 6.92 Å². The van der Waals surface area contributed by atoms with Crippen LogP contribution in [0.3, 0.4) is 0 Å². The third kappa shape index (κ3) is 5.16. The predicted molar refractivity (Wildman–Crippen MR) is 70.2 cm³/mol. The minimum Gasteiger partial charge on any atom is -0.478 e. The molecular formula is C13H17NO4. The summed E-state index contributed by atoms with van der Waals surface area (Å²) < 4.78 is 0. The van der Waals surface area contributed by atoms with Crippen molar-refractivity contribution in [2.24, 2.45) is 0 Å². The molecule has 2 N–H and O–H groups in total. The van der Waals surface area contributed by atoms with Gasteiger partial charge in [-0.1, -0.05) is 18.7 Å². The second kappa shape index (κ2) is 7.11. The zero-order valence-corrected chi connectivity index (χ0v) is 10.7. The molecule has 1 aromatic rings. The fraction of sp³-hybridized carbons (Fsp3) is 0.231. The lowest BCUT2D eigenvalue weighted by Crippen LogP contribution is -2.13. The molecule has 98 valence electrons. The molecule has 0 radical (unpaired) electrons. The van der Waals surface area contributed by atoms with Crippen LogP contribution in [0.15, 0.2) is 36.4 Å². The van der Waals surface area contributed by atoms with E-state index in [0.29, 0.717) is 5.56 Å². The number of aliphatic carboxylic acids is 1. The smallest absolute Gasteiger partial charge is 0.337 e. The number of hydrogen-bond acceptors (Lipinski definition) is 3. The zero-order valence-electron chi connectivity index (χ0n) is 10.7. The maximum Gasteiger partial charge on any atom is 0.337 e. The van der Waals surface area contributed by atoms with Crippen LogP contribution in [-0.2, 0) is 4.79 Å². The molecule has 0 spiro atoms. The Hall–Kier alpha value is -2.30. The van der Waals surface area contributed by atoms with Crippen molar-refractivity contribution < 1.29 is 19.8 Å². The maximum absolute atomic E-state index is 10.7. The summed E-state index contributed by atoms with van der Waals surface area (Å²) in [5.41, 5.74) is 1.24. The second-order valence-corrected chi connectivity index (χ2v) is 3.80. The number of nitrogens with zero attached hydrogens (tertiary/aromatic N) is 1. The van der Waals surface area contributed by atoms with Crippen LogP contribution in [0, 0.1) is 0 Å². The van der Waals surface area contributed by atoms with Gasteiger partial charge in [0.25, 0.3) is 0 Å².